The highest BCUT2D eigenvalue weighted by Crippen LogP contribution is 2.18. The Morgan fingerprint density at radius 3 is 2.88 bits per heavy atom. The van der Waals surface area contributed by atoms with Gasteiger partial charge in [-0.25, -0.2) is 0 Å². The first-order chi connectivity index (χ1) is 12.1. The summed E-state index contributed by atoms with van der Waals surface area (Å²) in [5.41, 5.74) is 2.71. The first-order valence-electron chi connectivity index (χ1n) is 8.60. The molecule has 1 aliphatic heterocycles. The van der Waals surface area contributed by atoms with Gasteiger partial charge in [0.1, 0.15) is 11.5 Å². The summed E-state index contributed by atoms with van der Waals surface area (Å²) < 4.78 is 5.37. The van der Waals surface area contributed by atoms with Gasteiger partial charge in [-0.15, -0.1) is 0 Å². The second kappa shape index (κ2) is 8.14. The van der Waals surface area contributed by atoms with E-state index in [1.807, 2.05) is 25.1 Å². The van der Waals surface area contributed by atoms with Crippen LogP contribution in [0.1, 0.15) is 22.6 Å². The Kier molecular flexibility index (Phi) is 5.68. The van der Waals surface area contributed by atoms with Gasteiger partial charge in [0.15, 0.2) is 0 Å². The summed E-state index contributed by atoms with van der Waals surface area (Å²) in [5, 5.41) is 12.9. The smallest absolute Gasteiger partial charge is 0.244 e. The number of furan rings is 1. The quantitative estimate of drug-likeness (QED) is 0.791. The van der Waals surface area contributed by atoms with Crippen LogP contribution >= 0.6 is 0 Å². The average Bonchev–Trinajstić information content (AvgIpc) is 3.03. The second-order valence-electron chi connectivity index (χ2n) is 6.43. The van der Waals surface area contributed by atoms with E-state index >= 15 is 0 Å². The molecule has 0 bridgehead atoms. The molecule has 25 heavy (non-hydrogen) atoms. The molecule has 2 N–H and O–H groups in total. The van der Waals surface area contributed by atoms with E-state index in [2.05, 4.69) is 28.4 Å². The SMILES string of the molecule is Cc1ccc(/C=C/C(=O)NCC(O)CN2CCc3ccccc3C2)o1. The summed E-state index contributed by atoms with van der Waals surface area (Å²) in [6.07, 6.45) is 3.45. The molecule has 132 valence electrons. The van der Waals surface area contributed by atoms with Crippen molar-refractivity contribution in [3.8, 4) is 0 Å². The second-order valence-corrected chi connectivity index (χ2v) is 6.43. The molecule has 1 aromatic heterocycles. The lowest BCUT2D eigenvalue weighted by Crippen LogP contribution is -2.41. The van der Waals surface area contributed by atoms with Crippen molar-refractivity contribution in [3.05, 3.63) is 65.1 Å². The molecular weight excluding hydrogens is 316 g/mol. The molecular formula is C20H24N2O3. The zero-order valence-corrected chi connectivity index (χ0v) is 14.4. The molecule has 2 aromatic rings. The van der Waals surface area contributed by atoms with Crippen molar-refractivity contribution < 1.29 is 14.3 Å². The van der Waals surface area contributed by atoms with E-state index in [4.69, 9.17) is 4.42 Å². The maximum absolute atomic E-state index is 11.8. The van der Waals surface area contributed by atoms with Gasteiger partial charge in [0, 0.05) is 32.3 Å². The van der Waals surface area contributed by atoms with Crippen LogP contribution in [0.3, 0.4) is 0 Å². The Morgan fingerprint density at radius 1 is 1.32 bits per heavy atom. The third-order valence-electron chi connectivity index (χ3n) is 4.35. The van der Waals surface area contributed by atoms with Crippen LogP contribution in [0, 0.1) is 6.92 Å². The van der Waals surface area contributed by atoms with Crippen molar-refractivity contribution >= 4 is 12.0 Å². The monoisotopic (exact) mass is 340 g/mol. The van der Waals surface area contributed by atoms with E-state index in [9.17, 15) is 9.90 Å². The van der Waals surface area contributed by atoms with Crippen LogP contribution in [0.15, 0.2) is 46.9 Å². The van der Waals surface area contributed by atoms with Crippen LogP contribution in [0.5, 0.6) is 0 Å². The van der Waals surface area contributed by atoms with Gasteiger partial charge in [0.2, 0.25) is 5.91 Å². The third kappa shape index (κ3) is 5.05. The summed E-state index contributed by atoms with van der Waals surface area (Å²) in [6.45, 7) is 4.42. The molecule has 0 fully saturated rings. The third-order valence-corrected chi connectivity index (χ3v) is 4.35. The van der Waals surface area contributed by atoms with Crippen LogP contribution < -0.4 is 5.32 Å². The minimum Gasteiger partial charge on any atom is -0.462 e. The minimum absolute atomic E-state index is 0.235. The molecule has 5 heteroatoms. The fraction of sp³-hybridized carbons (Fsp3) is 0.350. The summed E-state index contributed by atoms with van der Waals surface area (Å²) in [6, 6.07) is 12.1. The lowest BCUT2D eigenvalue weighted by Gasteiger charge is -2.30. The largest absolute Gasteiger partial charge is 0.462 e. The Hall–Kier alpha value is -2.37. The Labute approximate surface area is 148 Å². The van der Waals surface area contributed by atoms with Crippen LogP contribution in [0.25, 0.3) is 6.08 Å². The molecule has 1 aromatic carbocycles. The lowest BCUT2D eigenvalue weighted by atomic mass is 10.00. The van der Waals surface area contributed by atoms with E-state index in [1.165, 1.54) is 17.2 Å². The van der Waals surface area contributed by atoms with E-state index < -0.39 is 6.10 Å². The number of fused-ring (bicyclic) bond motifs is 1. The van der Waals surface area contributed by atoms with Crippen LogP contribution in [0.4, 0.5) is 0 Å². The molecule has 1 amide bonds. The van der Waals surface area contributed by atoms with Gasteiger partial charge in [-0.2, -0.15) is 0 Å². The van der Waals surface area contributed by atoms with Crippen molar-refractivity contribution in [2.75, 3.05) is 19.6 Å². The number of carbonyl (C=O) groups is 1. The fourth-order valence-corrected chi connectivity index (χ4v) is 3.05. The number of aryl methyl sites for hydroxylation is 1. The predicted molar refractivity (Wildman–Crippen MR) is 96.9 cm³/mol. The summed E-state index contributed by atoms with van der Waals surface area (Å²) in [4.78, 5) is 14.0. The number of β-amino-alcohol motifs (C(OH)–C–C–N with tert-alkyl or cyclic N) is 1. The lowest BCUT2D eigenvalue weighted by molar-refractivity contribution is -0.116. The van der Waals surface area contributed by atoms with Crippen molar-refractivity contribution in [1.29, 1.82) is 0 Å². The zero-order valence-electron chi connectivity index (χ0n) is 14.4. The van der Waals surface area contributed by atoms with Gasteiger partial charge in [0.25, 0.3) is 0 Å². The molecule has 1 aliphatic rings. The maximum Gasteiger partial charge on any atom is 0.244 e. The molecule has 0 spiro atoms. The number of aliphatic hydroxyl groups is 1. The zero-order chi connectivity index (χ0) is 17.6. The Balaban J connectivity index is 1.41. The van der Waals surface area contributed by atoms with Gasteiger partial charge in [-0.3, -0.25) is 9.69 Å². The van der Waals surface area contributed by atoms with Gasteiger partial charge in [0.05, 0.1) is 6.10 Å². The number of hydrogen-bond donors (Lipinski definition) is 2. The van der Waals surface area contributed by atoms with Crippen LogP contribution in [-0.4, -0.2) is 41.7 Å². The number of nitrogens with zero attached hydrogens (tertiary/aromatic N) is 1. The standard InChI is InChI=1S/C20H24N2O3/c1-15-6-7-19(25-15)8-9-20(24)21-12-18(23)14-22-11-10-16-4-2-3-5-17(16)13-22/h2-9,18,23H,10-14H2,1H3,(H,21,24)/b9-8+. The molecule has 3 rings (SSSR count). The summed E-state index contributed by atoms with van der Waals surface area (Å²) in [5.74, 6) is 1.20. The van der Waals surface area contributed by atoms with E-state index in [-0.39, 0.29) is 12.5 Å². The number of rotatable bonds is 6. The maximum atomic E-state index is 11.8. The van der Waals surface area contributed by atoms with Crippen molar-refractivity contribution in [2.24, 2.45) is 0 Å². The first-order valence-corrected chi connectivity index (χ1v) is 8.60. The van der Waals surface area contributed by atoms with Crippen molar-refractivity contribution in [1.82, 2.24) is 10.2 Å². The van der Waals surface area contributed by atoms with E-state index in [1.54, 1.807) is 6.08 Å². The van der Waals surface area contributed by atoms with Crippen LogP contribution in [-0.2, 0) is 17.8 Å². The number of nitrogens with one attached hydrogen (secondary N) is 1. The number of hydrogen-bond acceptors (Lipinski definition) is 4. The predicted octanol–water partition coefficient (Wildman–Crippen LogP) is 2.14. The van der Waals surface area contributed by atoms with Gasteiger partial charge < -0.3 is 14.8 Å². The molecule has 0 aliphatic carbocycles. The van der Waals surface area contributed by atoms with Gasteiger partial charge in [-0.1, -0.05) is 24.3 Å². The topological polar surface area (TPSA) is 65.7 Å². The van der Waals surface area contributed by atoms with Crippen molar-refractivity contribution in [2.45, 2.75) is 26.0 Å². The normalized spacial score (nSPS) is 15.9. The van der Waals surface area contributed by atoms with E-state index in [0.717, 1.165) is 25.3 Å². The minimum atomic E-state index is -0.589. The van der Waals surface area contributed by atoms with Crippen molar-refractivity contribution in [3.63, 3.8) is 0 Å². The average molecular weight is 340 g/mol. The highest BCUT2D eigenvalue weighted by molar-refractivity contribution is 5.91. The number of carbonyl (C=O) groups excluding carboxylic acids is 1. The number of benzene rings is 1. The highest BCUT2D eigenvalue weighted by atomic mass is 16.3. The molecule has 0 radical (unpaired) electrons. The molecule has 0 saturated heterocycles. The number of aliphatic hydroxyl groups excluding tert-OH is 1. The fourth-order valence-electron chi connectivity index (χ4n) is 3.05. The number of amides is 1. The molecule has 5 nitrogen and oxygen atoms in total. The Morgan fingerprint density at radius 2 is 2.12 bits per heavy atom. The summed E-state index contributed by atoms with van der Waals surface area (Å²) >= 11 is 0. The first kappa shape index (κ1) is 17.5. The molecule has 2 heterocycles. The van der Waals surface area contributed by atoms with E-state index in [0.29, 0.717) is 12.3 Å². The highest BCUT2D eigenvalue weighted by Gasteiger charge is 2.18. The Bertz CT molecular complexity index is 751. The van der Waals surface area contributed by atoms with Crippen LogP contribution in [0.2, 0.25) is 0 Å². The summed E-state index contributed by atoms with van der Waals surface area (Å²) in [7, 11) is 0. The van der Waals surface area contributed by atoms with Gasteiger partial charge >= 0.3 is 0 Å². The van der Waals surface area contributed by atoms with Gasteiger partial charge in [-0.05, 0) is 42.7 Å². The molecule has 1 unspecified atom stereocenters. The molecule has 0 saturated carbocycles. The molecule has 1 atom stereocenters.